The lowest BCUT2D eigenvalue weighted by atomic mass is 9.82. The van der Waals surface area contributed by atoms with Gasteiger partial charge < -0.3 is 9.32 Å². The molecule has 1 heterocycles. The van der Waals surface area contributed by atoms with Crippen LogP contribution >= 0.6 is 0 Å². The Hall–Kier alpha value is -6.12. The van der Waals surface area contributed by atoms with Gasteiger partial charge in [0.2, 0.25) is 0 Å². The smallest absolute Gasteiger partial charge is 0.143 e. The van der Waals surface area contributed by atoms with Gasteiger partial charge in [-0.1, -0.05) is 147 Å². The van der Waals surface area contributed by atoms with Crippen LogP contribution in [0.4, 0.5) is 17.1 Å². The van der Waals surface area contributed by atoms with E-state index in [9.17, 15) is 0 Å². The Morgan fingerprint density at radius 2 is 0.980 bits per heavy atom. The number of benzene rings is 8. The number of furan rings is 1. The molecule has 49 heavy (non-hydrogen) atoms. The summed E-state index contributed by atoms with van der Waals surface area (Å²) in [7, 11) is 0. The SMILES string of the molecule is CC1(C)c2ccccc2-c2c(N(c3ccccc3-c3cccc4ccccc34)c3cccc4c3ccc3c5ccccc5oc43)cccc21. The van der Waals surface area contributed by atoms with Crippen LogP contribution in [-0.4, -0.2) is 0 Å². The van der Waals surface area contributed by atoms with Crippen molar-refractivity contribution in [3.63, 3.8) is 0 Å². The van der Waals surface area contributed by atoms with E-state index in [-0.39, 0.29) is 5.41 Å². The predicted octanol–water partition coefficient (Wildman–Crippen LogP) is 13.3. The molecule has 0 bridgehead atoms. The number of para-hydroxylation sites is 2. The van der Waals surface area contributed by atoms with Gasteiger partial charge in [0.05, 0.1) is 17.1 Å². The van der Waals surface area contributed by atoms with E-state index in [0.717, 1.165) is 44.1 Å². The van der Waals surface area contributed by atoms with Gasteiger partial charge in [0.25, 0.3) is 0 Å². The first-order chi connectivity index (χ1) is 24.1. The third-order valence-corrected chi connectivity index (χ3v) is 10.7. The molecular weight excluding hydrogens is 595 g/mol. The summed E-state index contributed by atoms with van der Waals surface area (Å²) in [5, 5.41) is 7.00. The molecule has 0 saturated heterocycles. The number of hydrogen-bond acceptors (Lipinski definition) is 2. The fourth-order valence-corrected chi connectivity index (χ4v) is 8.39. The minimum absolute atomic E-state index is 0.123. The molecule has 1 aromatic heterocycles. The van der Waals surface area contributed by atoms with Crippen molar-refractivity contribution in [3.8, 4) is 22.3 Å². The molecule has 0 spiro atoms. The molecule has 8 aromatic carbocycles. The Kier molecular flexibility index (Phi) is 5.95. The average molecular weight is 628 g/mol. The van der Waals surface area contributed by atoms with Gasteiger partial charge in [-0.2, -0.15) is 0 Å². The minimum atomic E-state index is -0.123. The van der Waals surface area contributed by atoms with Crippen molar-refractivity contribution in [2.75, 3.05) is 4.90 Å². The lowest BCUT2D eigenvalue weighted by Crippen LogP contribution is -2.16. The highest BCUT2D eigenvalue weighted by molar-refractivity contribution is 6.18. The van der Waals surface area contributed by atoms with Crippen LogP contribution in [0.3, 0.4) is 0 Å². The zero-order chi connectivity index (χ0) is 32.7. The average Bonchev–Trinajstić information content (AvgIpc) is 3.65. The van der Waals surface area contributed by atoms with Gasteiger partial charge in [0.1, 0.15) is 11.2 Å². The van der Waals surface area contributed by atoms with E-state index in [0.29, 0.717) is 0 Å². The minimum Gasteiger partial charge on any atom is -0.455 e. The highest BCUT2D eigenvalue weighted by Crippen LogP contribution is 2.55. The first-order valence-corrected chi connectivity index (χ1v) is 17.0. The Morgan fingerprint density at radius 3 is 1.90 bits per heavy atom. The molecule has 0 atom stereocenters. The van der Waals surface area contributed by atoms with Crippen LogP contribution in [0.25, 0.3) is 65.7 Å². The van der Waals surface area contributed by atoms with E-state index in [2.05, 4.69) is 176 Å². The van der Waals surface area contributed by atoms with Crippen molar-refractivity contribution in [2.45, 2.75) is 19.3 Å². The summed E-state index contributed by atoms with van der Waals surface area (Å²) in [5.74, 6) is 0. The first-order valence-electron chi connectivity index (χ1n) is 17.0. The maximum absolute atomic E-state index is 6.58. The summed E-state index contributed by atoms with van der Waals surface area (Å²) in [5.41, 5.74) is 12.8. The largest absolute Gasteiger partial charge is 0.455 e. The Labute approximate surface area is 285 Å². The third-order valence-electron chi connectivity index (χ3n) is 10.7. The fourth-order valence-electron chi connectivity index (χ4n) is 8.39. The molecule has 0 radical (unpaired) electrons. The van der Waals surface area contributed by atoms with E-state index in [1.54, 1.807) is 0 Å². The Bertz CT molecular complexity index is 2760. The van der Waals surface area contributed by atoms with Gasteiger partial charge in [0.15, 0.2) is 0 Å². The Morgan fingerprint density at radius 1 is 0.408 bits per heavy atom. The number of rotatable bonds is 4. The van der Waals surface area contributed by atoms with Gasteiger partial charge in [0, 0.05) is 38.1 Å². The highest BCUT2D eigenvalue weighted by Gasteiger charge is 2.38. The lowest BCUT2D eigenvalue weighted by molar-refractivity contribution is 0.660. The first kappa shape index (κ1) is 27.9. The number of anilines is 3. The number of nitrogens with zero attached hydrogens (tertiary/aromatic N) is 1. The van der Waals surface area contributed by atoms with Crippen LogP contribution < -0.4 is 4.90 Å². The molecule has 2 nitrogen and oxygen atoms in total. The van der Waals surface area contributed by atoms with E-state index in [4.69, 9.17) is 4.42 Å². The number of hydrogen-bond donors (Lipinski definition) is 0. The quantitative estimate of drug-likeness (QED) is 0.193. The number of fused-ring (bicyclic) bond motifs is 9. The maximum atomic E-state index is 6.58. The molecule has 1 aliphatic carbocycles. The van der Waals surface area contributed by atoms with Crippen LogP contribution in [0.2, 0.25) is 0 Å². The van der Waals surface area contributed by atoms with Crippen molar-refractivity contribution in [1.82, 2.24) is 0 Å². The summed E-state index contributed by atoms with van der Waals surface area (Å²) >= 11 is 0. The highest BCUT2D eigenvalue weighted by atomic mass is 16.3. The van der Waals surface area contributed by atoms with Gasteiger partial charge in [-0.05, 0) is 63.4 Å². The summed E-state index contributed by atoms with van der Waals surface area (Å²) in [6.45, 7) is 4.71. The van der Waals surface area contributed by atoms with Crippen LogP contribution in [-0.2, 0) is 5.41 Å². The zero-order valence-electron chi connectivity index (χ0n) is 27.4. The summed E-state index contributed by atoms with van der Waals surface area (Å²) in [6, 6.07) is 59.5. The van der Waals surface area contributed by atoms with Gasteiger partial charge >= 0.3 is 0 Å². The predicted molar refractivity (Wildman–Crippen MR) is 206 cm³/mol. The van der Waals surface area contributed by atoms with E-state index in [1.165, 1.54) is 49.8 Å². The summed E-state index contributed by atoms with van der Waals surface area (Å²) in [4.78, 5) is 2.50. The third kappa shape index (κ3) is 4.01. The molecule has 2 heteroatoms. The molecule has 0 fully saturated rings. The van der Waals surface area contributed by atoms with Crippen LogP contribution in [0.1, 0.15) is 25.0 Å². The van der Waals surface area contributed by atoms with Gasteiger partial charge in [-0.25, -0.2) is 0 Å². The second-order valence-corrected chi connectivity index (χ2v) is 13.7. The van der Waals surface area contributed by atoms with Crippen molar-refractivity contribution < 1.29 is 4.42 Å². The van der Waals surface area contributed by atoms with Gasteiger partial charge in [-0.3, -0.25) is 0 Å². The fraction of sp³-hybridized carbons (Fsp3) is 0.0638. The second-order valence-electron chi connectivity index (χ2n) is 13.7. The normalized spacial score (nSPS) is 13.3. The molecule has 1 aliphatic rings. The van der Waals surface area contributed by atoms with Crippen molar-refractivity contribution in [3.05, 3.63) is 175 Å². The molecule has 0 unspecified atom stereocenters. The van der Waals surface area contributed by atoms with E-state index >= 15 is 0 Å². The van der Waals surface area contributed by atoms with Crippen molar-refractivity contribution in [1.29, 1.82) is 0 Å². The monoisotopic (exact) mass is 627 g/mol. The van der Waals surface area contributed by atoms with Crippen molar-refractivity contribution in [2.24, 2.45) is 0 Å². The molecule has 0 N–H and O–H groups in total. The maximum Gasteiger partial charge on any atom is 0.143 e. The molecule has 0 amide bonds. The van der Waals surface area contributed by atoms with E-state index in [1.807, 2.05) is 6.07 Å². The zero-order valence-corrected chi connectivity index (χ0v) is 27.4. The van der Waals surface area contributed by atoms with Crippen LogP contribution in [0.5, 0.6) is 0 Å². The topological polar surface area (TPSA) is 16.4 Å². The Balaban J connectivity index is 1.32. The summed E-state index contributed by atoms with van der Waals surface area (Å²) in [6.07, 6.45) is 0. The second kappa shape index (κ2) is 10.4. The van der Waals surface area contributed by atoms with Crippen LogP contribution in [0.15, 0.2) is 168 Å². The molecule has 9 aromatic rings. The molecule has 0 aliphatic heterocycles. The standard InChI is InChI=1S/C47H33NO/c1-47(2)39-22-8-5-19-38(39)45-40(47)23-13-26-43(45)48(41-24-9-6-17-33(41)32-20-11-15-30-14-3-4-16-31(30)32)42-25-12-21-36-34(42)28-29-37-35-18-7-10-27-44(35)49-46(36)37/h3-29H,1-2H3. The van der Waals surface area contributed by atoms with Gasteiger partial charge in [-0.15, -0.1) is 0 Å². The van der Waals surface area contributed by atoms with Crippen LogP contribution in [0, 0.1) is 0 Å². The molecule has 0 saturated carbocycles. The summed E-state index contributed by atoms with van der Waals surface area (Å²) < 4.78 is 6.58. The van der Waals surface area contributed by atoms with Crippen molar-refractivity contribution >= 4 is 60.5 Å². The lowest BCUT2D eigenvalue weighted by Gasteiger charge is -2.31. The molecule has 10 rings (SSSR count). The molecular formula is C47H33NO. The van der Waals surface area contributed by atoms with E-state index < -0.39 is 0 Å². The molecule has 232 valence electrons.